The Morgan fingerprint density at radius 3 is 2.74 bits per heavy atom. The Morgan fingerprint density at radius 2 is 1.95 bits per heavy atom. The molecule has 0 aromatic rings. The van der Waals surface area contributed by atoms with Crippen LogP contribution in [0.4, 0.5) is 0 Å². The average molecular weight is 281 g/mol. The van der Waals surface area contributed by atoms with Crippen molar-refractivity contribution in [3.8, 4) is 0 Å². The van der Waals surface area contributed by atoms with Gasteiger partial charge in [0.2, 0.25) is 5.23 Å². The molecule has 1 heterocycles. The maximum atomic E-state index is 6.23. The van der Waals surface area contributed by atoms with Crippen LogP contribution in [0.2, 0.25) is 0 Å². The molecule has 3 rings (SSSR count). The second kappa shape index (κ2) is 6.07. The third-order valence-electron chi connectivity index (χ3n) is 5.11. The van der Waals surface area contributed by atoms with Gasteiger partial charge < -0.3 is 4.74 Å². The topological polar surface area (TPSA) is 21.6 Å². The first kappa shape index (κ1) is 13.8. The van der Waals surface area contributed by atoms with E-state index in [0.29, 0.717) is 12.0 Å². The number of ether oxygens (including phenoxy) is 1. The Morgan fingerprint density at radius 1 is 1.16 bits per heavy atom. The monoisotopic (exact) mass is 281 g/mol. The summed E-state index contributed by atoms with van der Waals surface area (Å²) in [5.74, 6) is 1.86. The van der Waals surface area contributed by atoms with E-state index in [1.54, 1.807) is 0 Å². The van der Waals surface area contributed by atoms with Crippen LogP contribution in [0.1, 0.15) is 71.1 Å². The Hall–Kier alpha value is -0.180. The van der Waals surface area contributed by atoms with Crippen molar-refractivity contribution in [1.29, 1.82) is 0 Å². The van der Waals surface area contributed by atoms with E-state index >= 15 is 0 Å². The van der Waals surface area contributed by atoms with Gasteiger partial charge in [0.15, 0.2) is 0 Å². The highest BCUT2D eigenvalue weighted by Crippen LogP contribution is 2.48. The quantitative estimate of drug-likeness (QED) is 0.726. The number of aliphatic imine (C=N–C) groups is 1. The van der Waals surface area contributed by atoms with E-state index in [1.165, 1.54) is 64.2 Å². The molecule has 2 nitrogen and oxygen atoms in total. The van der Waals surface area contributed by atoms with Crippen molar-refractivity contribution in [2.75, 3.05) is 5.75 Å². The molecule has 0 N–H and O–H groups in total. The van der Waals surface area contributed by atoms with Crippen LogP contribution in [0, 0.1) is 5.92 Å². The van der Waals surface area contributed by atoms with Crippen LogP contribution in [0.3, 0.4) is 0 Å². The molecule has 1 aliphatic heterocycles. The molecule has 0 aromatic carbocycles. The first-order valence-electron chi connectivity index (χ1n) is 8.23. The van der Waals surface area contributed by atoms with Crippen LogP contribution < -0.4 is 0 Å². The summed E-state index contributed by atoms with van der Waals surface area (Å²) in [6.07, 6.45) is 13.8. The molecule has 0 bridgehead atoms. The van der Waals surface area contributed by atoms with E-state index in [-0.39, 0.29) is 5.54 Å². The number of fused-ring (bicyclic) bond motifs is 2. The minimum absolute atomic E-state index is 0.262. The van der Waals surface area contributed by atoms with Crippen LogP contribution in [0.5, 0.6) is 0 Å². The number of hydrogen-bond acceptors (Lipinski definition) is 3. The first-order chi connectivity index (χ1) is 9.34. The summed E-state index contributed by atoms with van der Waals surface area (Å²) >= 11 is 1.85. The van der Waals surface area contributed by atoms with Crippen LogP contribution in [-0.2, 0) is 4.74 Å². The Labute approximate surface area is 121 Å². The molecule has 0 unspecified atom stereocenters. The fraction of sp³-hybridized carbons (Fsp3) is 0.938. The van der Waals surface area contributed by atoms with E-state index in [4.69, 9.17) is 9.73 Å². The summed E-state index contributed by atoms with van der Waals surface area (Å²) in [4.78, 5) is 5.15. The Bertz CT molecular complexity index is 336. The molecule has 0 amide bonds. The zero-order chi connectivity index (χ0) is 13.1. The minimum Gasteiger partial charge on any atom is -0.469 e. The molecule has 0 radical (unpaired) electrons. The number of thioether (sulfide) groups is 1. The highest BCUT2D eigenvalue weighted by atomic mass is 32.2. The van der Waals surface area contributed by atoms with Crippen molar-refractivity contribution in [3.63, 3.8) is 0 Å². The van der Waals surface area contributed by atoms with E-state index in [9.17, 15) is 0 Å². The molecule has 2 atom stereocenters. The zero-order valence-electron chi connectivity index (χ0n) is 12.2. The molecule has 2 aliphatic carbocycles. The van der Waals surface area contributed by atoms with Crippen molar-refractivity contribution in [2.24, 2.45) is 10.9 Å². The van der Waals surface area contributed by atoms with E-state index in [1.807, 2.05) is 11.8 Å². The van der Waals surface area contributed by atoms with Gasteiger partial charge in [0.25, 0.3) is 0 Å². The Kier molecular flexibility index (Phi) is 4.40. The summed E-state index contributed by atoms with van der Waals surface area (Å²) in [5.41, 5.74) is 0.262. The van der Waals surface area contributed by atoms with Crippen molar-refractivity contribution >= 4 is 17.0 Å². The third-order valence-corrected chi connectivity index (χ3v) is 6.15. The summed E-state index contributed by atoms with van der Waals surface area (Å²) in [7, 11) is 0. The van der Waals surface area contributed by atoms with Gasteiger partial charge in [-0.05, 0) is 38.5 Å². The predicted octanol–water partition coefficient (Wildman–Crippen LogP) is 4.78. The lowest BCUT2D eigenvalue weighted by Gasteiger charge is -2.49. The molecule has 0 aromatic heterocycles. The van der Waals surface area contributed by atoms with Gasteiger partial charge in [-0.2, -0.15) is 0 Å². The molecule has 19 heavy (non-hydrogen) atoms. The molecular formula is C16H27NOS. The number of rotatable bonds is 2. The second-order valence-corrected chi connectivity index (χ2v) is 7.48. The van der Waals surface area contributed by atoms with Gasteiger partial charge in [-0.1, -0.05) is 44.4 Å². The van der Waals surface area contributed by atoms with Gasteiger partial charge in [0.1, 0.15) is 6.10 Å². The van der Waals surface area contributed by atoms with Gasteiger partial charge in [-0.25, -0.2) is 4.99 Å². The summed E-state index contributed by atoms with van der Waals surface area (Å²) in [6, 6.07) is 0. The maximum absolute atomic E-state index is 6.23. The summed E-state index contributed by atoms with van der Waals surface area (Å²) < 4.78 is 6.23. The third kappa shape index (κ3) is 2.81. The first-order valence-corrected chi connectivity index (χ1v) is 9.22. The zero-order valence-corrected chi connectivity index (χ0v) is 13.0. The molecule has 3 heteroatoms. The summed E-state index contributed by atoms with van der Waals surface area (Å²) in [6.45, 7) is 2.23. The largest absolute Gasteiger partial charge is 0.469 e. The van der Waals surface area contributed by atoms with Crippen LogP contribution in [0.15, 0.2) is 4.99 Å². The lowest BCUT2D eigenvalue weighted by Crippen LogP contribution is -2.51. The average Bonchev–Trinajstić information content (AvgIpc) is 2.46. The summed E-state index contributed by atoms with van der Waals surface area (Å²) in [5, 5.41) is 1.02. The second-order valence-electron chi connectivity index (χ2n) is 6.44. The standard InChI is InChI=1S/C16H27NOS/c1-2-12-19-15-17-16(10-6-3-7-11-16)13-8-4-5-9-14(13)18-15/h13-14H,2-12H2,1H3/t13-,14+/m1/s1. The molecule has 3 aliphatic rings. The van der Waals surface area contributed by atoms with E-state index < -0.39 is 0 Å². The lowest BCUT2D eigenvalue weighted by molar-refractivity contribution is 0.00299. The Balaban J connectivity index is 1.83. The highest BCUT2D eigenvalue weighted by Gasteiger charge is 2.48. The van der Waals surface area contributed by atoms with Crippen molar-refractivity contribution in [2.45, 2.75) is 82.8 Å². The van der Waals surface area contributed by atoms with Gasteiger partial charge in [0, 0.05) is 11.7 Å². The van der Waals surface area contributed by atoms with Gasteiger partial charge >= 0.3 is 0 Å². The minimum atomic E-state index is 0.262. The number of hydrogen-bond donors (Lipinski definition) is 0. The van der Waals surface area contributed by atoms with Crippen molar-refractivity contribution in [1.82, 2.24) is 0 Å². The molecular weight excluding hydrogens is 254 g/mol. The normalized spacial score (nSPS) is 33.4. The van der Waals surface area contributed by atoms with E-state index in [0.717, 1.165) is 11.0 Å². The smallest absolute Gasteiger partial charge is 0.246 e. The van der Waals surface area contributed by atoms with Crippen LogP contribution >= 0.6 is 11.8 Å². The highest BCUT2D eigenvalue weighted by molar-refractivity contribution is 8.13. The van der Waals surface area contributed by atoms with Gasteiger partial charge in [-0.3, -0.25) is 0 Å². The van der Waals surface area contributed by atoms with E-state index in [2.05, 4.69) is 6.92 Å². The van der Waals surface area contributed by atoms with Gasteiger partial charge in [-0.15, -0.1) is 0 Å². The fourth-order valence-electron chi connectivity index (χ4n) is 4.18. The maximum Gasteiger partial charge on any atom is 0.246 e. The van der Waals surface area contributed by atoms with Crippen molar-refractivity contribution in [3.05, 3.63) is 0 Å². The molecule has 1 spiro atoms. The predicted molar refractivity (Wildman–Crippen MR) is 82.8 cm³/mol. The van der Waals surface area contributed by atoms with Crippen LogP contribution in [-0.4, -0.2) is 22.6 Å². The lowest BCUT2D eigenvalue weighted by atomic mass is 9.66. The molecule has 108 valence electrons. The molecule has 2 fully saturated rings. The fourth-order valence-corrected chi connectivity index (χ4v) is 4.99. The van der Waals surface area contributed by atoms with Gasteiger partial charge in [0.05, 0.1) is 5.54 Å². The van der Waals surface area contributed by atoms with Crippen LogP contribution in [0.25, 0.3) is 0 Å². The molecule has 0 saturated heterocycles. The SMILES string of the molecule is CCCSC1=NC2(CCCCC2)[C@@H]2CCCC[C@@H]2O1. The molecule has 2 saturated carbocycles. The van der Waals surface area contributed by atoms with Crippen molar-refractivity contribution < 1.29 is 4.74 Å². The number of nitrogens with zero attached hydrogens (tertiary/aromatic N) is 1.